The van der Waals surface area contributed by atoms with E-state index in [0.717, 1.165) is 0 Å². The van der Waals surface area contributed by atoms with E-state index in [1.165, 1.54) is 6.07 Å². The maximum absolute atomic E-state index is 14.1. The van der Waals surface area contributed by atoms with Gasteiger partial charge in [-0.15, -0.1) is 10.2 Å². The monoisotopic (exact) mass is 368 g/mol. The van der Waals surface area contributed by atoms with Gasteiger partial charge >= 0.3 is 6.01 Å². The van der Waals surface area contributed by atoms with Crippen LogP contribution in [0.2, 0.25) is 0 Å². The second-order valence-corrected chi connectivity index (χ2v) is 6.16. The average Bonchev–Trinajstić information content (AvgIpc) is 3.09. The summed E-state index contributed by atoms with van der Waals surface area (Å²) >= 11 is 0. The van der Waals surface area contributed by atoms with Crippen molar-refractivity contribution < 1.29 is 13.9 Å². The zero-order valence-corrected chi connectivity index (χ0v) is 14.7. The van der Waals surface area contributed by atoms with Crippen molar-refractivity contribution in [3.8, 4) is 6.01 Å². The van der Waals surface area contributed by atoms with Crippen molar-refractivity contribution in [1.82, 2.24) is 29.6 Å². The van der Waals surface area contributed by atoms with E-state index in [9.17, 15) is 9.18 Å². The molecule has 27 heavy (non-hydrogen) atoms. The van der Waals surface area contributed by atoms with Crippen molar-refractivity contribution in [2.24, 2.45) is 0 Å². The van der Waals surface area contributed by atoms with E-state index in [0.29, 0.717) is 30.3 Å². The number of hydrogen-bond donors (Lipinski definition) is 0. The van der Waals surface area contributed by atoms with Crippen LogP contribution in [0.4, 0.5) is 4.39 Å². The number of carbonyl (C=O) groups is 1. The van der Waals surface area contributed by atoms with Gasteiger partial charge in [-0.25, -0.2) is 14.4 Å². The Kier molecular flexibility index (Phi) is 4.49. The lowest BCUT2D eigenvalue weighted by molar-refractivity contribution is 0.0699. The van der Waals surface area contributed by atoms with Gasteiger partial charge in [0.1, 0.15) is 5.82 Å². The Morgan fingerprint density at radius 2 is 2.00 bits per heavy atom. The van der Waals surface area contributed by atoms with Gasteiger partial charge in [0.2, 0.25) is 0 Å². The Balaban J connectivity index is 1.48. The van der Waals surface area contributed by atoms with E-state index < -0.39 is 5.82 Å². The summed E-state index contributed by atoms with van der Waals surface area (Å²) in [6.07, 6.45) is 3.19. The quantitative estimate of drug-likeness (QED) is 0.697. The normalized spacial score (nSPS) is 13.3. The number of aromatic nitrogens is 5. The summed E-state index contributed by atoms with van der Waals surface area (Å²) in [4.78, 5) is 22.3. The first-order chi connectivity index (χ1) is 13.1. The van der Waals surface area contributed by atoms with Crippen LogP contribution in [0, 0.1) is 12.7 Å². The summed E-state index contributed by atoms with van der Waals surface area (Å²) in [5.74, 6) is 0.419. The highest BCUT2D eigenvalue weighted by Crippen LogP contribution is 2.20. The molecule has 1 aromatic carbocycles. The molecule has 8 nitrogen and oxygen atoms in total. The third kappa shape index (κ3) is 3.35. The van der Waals surface area contributed by atoms with E-state index in [4.69, 9.17) is 4.74 Å². The molecule has 2 aromatic heterocycles. The molecule has 3 aromatic rings. The van der Waals surface area contributed by atoms with E-state index in [-0.39, 0.29) is 30.6 Å². The predicted octanol–water partition coefficient (Wildman–Crippen LogP) is 1.75. The molecule has 1 amide bonds. The molecule has 0 spiro atoms. The second kappa shape index (κ2) is 7.10. The van der Waals surface area contributed by atoms with Crippen LogP contribution in [0.15, 0.2) is 36.7 Å². The number of amides is 1. The summed E-state index contributed by atoms with van der Waals surface area (Å²) in [6, 6.07) is 6.58. The van der Waals surface area contributed by atoms with Crippen molar-refractivity contribution >= 4 is 5.91 Å². The molecule has 1 aliphatic rings. The van der Waals surface area contributed by atoms with Crippen LogP contribution in [0.1, 0.15) is 27.6 Å². The van der Waals surface area contributed by atoms with Crippen LogP contribution in [-0.2, 0) is 19.7 Å². The van der Waals surface area contributed by atoms with Crippen LogP contribution in [0.5, 0.6) is 6.01 Å². The second-order valence-electron chi connectivity index (χ2n) is 6.16. The van der Waals surface area contributed by atoms with Crippen molar-refractivity contribution in [3.63, 3.8) is 0 Å². The lowest BCUT2D eigenvalue weighted by Crippen LogP contribution is -2.39. The number of benzene rings is 1. The number of fused-ring (bicyclic) bond motifs is 1. The van der Waals surface area contributed by atoms with E-state index in [1.807, 2.05) is 4.57 Å². The van der Waals surface area contributed by atoms with Crippen molar-refractivity contribution in [2.45, 2.75) is 26.6 Å². The van der Waals surface area contributed by atoms with E-state index in [1.54, 1.807) is 42.4 Å². The average molecular weight is 368 g/mol. The van der Waals surface area contributed by atoms with Gasteiger partial charge in [-0.2, -0.15) is 0 Å². The first-order valence-electron chi connectivity index (χ1n) is 8.48. The number of ether oxygens (including phenoxy) is 1. The molecule has 0 fully saturated rings. The standard InChI is InChI=1S/C18H17FN6O2/c1-12-4-2-5-13(19)16(12)17(26)24-8-9-25-14(10-24)22-23-15(25)11-27-18-20-6-3-7-21-18/h2-7H,8-11H2,1H3. The Morgan fingerprint density at radius 3 is 2.78 bits per heavy atom. The Labute approximate surface area is 154 Å². The highest BCUT2D eigenvalue weighted by molar-refractivity contribution is 5.95. The molecule has 0 bridgehead atoms. The largest absolute Gasteiger partial charge is 0.455 e. The van der Waals surface area contributed by atoms with Crippen LogP contribution >= 0.6 is 0 Å². The number of nitrogens with zero attached hydrogens (tertiary/aromatic N) is 6. The van der Waals surface area contributed by atoms with Crippen molar-refractivity contribution in [2.75, 3.05) is 6.54 Å². The molecular weight excluding hydrogens is 351 g/mol. The van der Waals surface area contributed by atoms with E-state index in [2.05, 4.69) is 20.2 Å². The van der Waals surface area contributed by atoms with Crippen LogP contribution in [0.3, 0.4) is 0 Å². The third-order valence-corrected chi connectivity index (χ3v) is 4.43. The fraction of sp³-hybridized carbons (Fsp3) is 0.278. The number of halogens is 1. The molecule has 0 radical (unpaired) electrons. The van der Waals surface area contributed by atoms with Gasteiger partial charge in [0.25, 0.3) is 5.91 Å². The minimum absolute atomic E-state index is 0.107. The summed E-state index contributed by atoms with van der Waals surface area (Å²) in [7, 11) is 0. The first-order valence-corrected chi connectivity index (χ1v) is 8.48. The third-order valence-electron chi connectivity index (χ3n) is 4.43. The van der Waals surface area contributed by atoms with Gasteiger partial charge in [0.05, 0.1) is 12.1 Å². The van der Waals surface area contributed by atoms with Gasteiger partial charge in [-0.05, 0) is 24.6 Å². The van der Waals surface area contributed by atoms with Gasteiger partial charge < -0.3 is 14.2 Å². The first kappa shape index (κ1) is 17.1. The van der Waals surface area contributed by atoms with Crippen LogP contribution in [0.25, 0.3) is 0 Å². The zero-order chi connectivity index (χ0) is 18.8. The molecule has 0 atom stereocenters. The van der Waals surface area contributed by atoms with E-state index >= 15 is 0 Å². The molecule has 9 heteroatoms. The lowest BCUT2D eigenvalue weighted by Gasteiger charge is -2.28. The minimum Gasteiger partial charge on any atom is -0.455 e. The molecule has 0 saturated carbocycles. The summed E-state index contributed by atoms with van der Waals surface area (Å²) in [6.45, 7) is 3.12. The lowest BCUT2D eigenvalue weighted by atomic mass is 10.1. The molecule has 4 rings (SSSR count). The van der Waals surface area contributed by atoms with Crippen molar-refractivity contribution in [3.05, 3.63) is 65.3 Å². The van der Waals surface area contributed by atoms with Crippen LogP contribution < -0.4 is 4.74 Å². The fourth-order valence-electron chi connectivity index (χ4n) is 3.05. The van der Waals surface area contributed by atoms with Gasteiger partial charge in [-0.3, -0.25) is 4.79 Å². The SMILES string of the molecule is Cc1cccc(F)c1C(=O)N1CCn2c(COc3ncccn3)nnc2C1. The molecule has 0 N–H and O–H groups in total. The minimum atomic E-state index is -0.510. The molecule has 0 unspecified atom stereocenters. The number of hydrogen-bond acceptors (Lipinski definition) is 6. The highest BCUT2D eigenvalue weighted by atomic mass is 19.1. The topological polar surface area (TPSA) is 86.0 Å². The Morgan fingerprint density at radius 1 is 1.19 bits per heavy atom. The summed E-state index contributed by atoms with van der Waals surface area (Å²) in [5, 5.41) is 8.28. The maximum Gasteiger partial charge on any atom is 0.316 e. The van der Waals surface area contributed by atoms with Gasteiger partial charge in [-0.1, -0.05) is 12.1 Å². The zero-order valence-electron chi connectivity index (χ0n) is 14.7. The molecule has 1 aliphatic heterocycles. The maximum atomic E-state index is 14.1. The number of aryl methyl sites for hydroxylation is 1. The van der Waals surface area contributed by atoms with Gasteiger partial charge in [0, 0.05) is 25.5 Å². The molecule has 0 saturated heterocycles. The number of rotatable bonds is 4. The summed E-state index contributed by atoms with van der Waals surface area (Å²) in [5.41, 5.74) is 0.722. The highest BCUT2D eigenvalue weighted by Gasteiger charge is 2.27. The Hall–Kier alpha value is -3.36. The fourth-order valence-corrected chi connectivity index (χ4v) is 3.05. The molecule has 138 valence electrons. The Bertz CT molecular complexity index is 955. The number of carbonyl (C=O) groups excluding carboxylic acids is 1. The van der Waals surface area contributed by atoms with Crippen LogP contribution in [-0.4, -0.2) is 42.1 Å². The predicted molar refractivity (Wildman–Crippen MR) is 92.3 cm³/mol. The molecule has 0 aliphatic carbocycles. The van der Waals surface area contributed by atoms with Crippen molar-refractivity contribution in [1.29, 1.82) is 0 Å². The molecule has 3 heterocycles. The molecular formula is C18H17FN6O2. The smallest absolute Gasteiger partial charge is 0.316 e. The van der Waals surface area contributed by atoms with Gasteiger partial charge in [0.15, 0.2) is 18.3 Å². The summed E-state index contributed by atoms with van der Waals surface area (Å²) < 4.78 is 21.5.